The van der Waals surface area contributed by atoms with Crippen molar-refractivity contribution in [2.24, 2.45) is 0 Å². The van der Waals surface area contributed by atoms with Gasteiger partial charge in [0.05, 0.1) is 0 Å². The van der Waals surface area contributed by atoms with Crippen molar-refractivity contribution < 1.29 is 19.2 Å². The molecule has 0 saturated heterocycles. The molecule has 2 aromatic rings. The molecule has 2 atom stereocenters. The van der Waals surface area contributed by atoms with E-state index < -0.39 is 19.4 Å². The topological polar surface area (TPSA) is 63.6 Å². The fraction of sp³-hybridized carbons (Fsp3) is 0.308. The molecule has 1 aromatic carbocycles. The third-order valence-electron chi connectivity index (χ3n) is 2.80. The van der Waals surface area contributed by atoms with Crippen LogP contribution in [0.2, 0.25) is 5.02 Å². The van der Waals surface area contributed by atoms with Gasteiger partial charge in [-0.2, -0.15) is 0 Å². The van der Waals surface area contributed by atoms with Crippen molar-refractivity contribution in [2.75, 3.05) is 13.0 Å². The molecule has 7 heteroatoms. The number of halogens is 1. The van der Waals surface area contributed by atoms with Gasteiger partial charge in [-0.25, -0.2) is 4.79 Å². The van der Waals surface area contributed by atoms with Gasteiger partial charge in [-0.05, 0) is 25.1 Å². The Morgan fingerprint density at radius 2 is 2.30 bits per heavy atom. The molecule has 0 aliphatic carbocycles. The zero-order valence-electron chi connectivity index (χ0n) is 10.7. The predicted molar refractivity (Wildman–Crippen MR) is 81.3 cm³/mol. The predicted octanol–water partition coefficient (Wildman–Crippen LogP) is 4.50. The second-order valence-electron chi connectivity index (χ2n) is 4.11. The molecule has 106 valence electrons. The Morgan fingerprint density at radius 1 is 1.55 bits per heavy atom. The highest BCUT2D eigenvalue weighted by Gasteiger charge is 2.40. The first kappa shape index (κ1) is 15.4. The van der Waals surface area contributed by atoms with Gasteiger partial charge in [-0.1, -0.05) is 16.2 Å². The van der Waals surface area contributed by atoms with Crippen LogP contribution in [0.5, 0.6) is 0 Å². The summed E-state index contributed by atoms with van der Waals surface area (Å²) in [4.78, 5) is 11.5. The van der Waals surface area contributed by atoms with E-state index in [1.54, 1.807) is 24.4 Å². The summed E-state index contributed by atoms with van der Waals surface area (Å²) < 4.78 is 18.2. The molecule has 4 nitrogen and oxygen atoms in total. The van der Waals surface area contributed by atoms with E-state index in [0.29, 0.717) is 17.2 Å². The van der Waals surface area contributed by atoms with Gasteiger partial charge in [0.1, 0.15) is 0 Å². The molecule has 1 aromatic heterocycles. The summed E-state index contributed by atoms with van der Waals surface area (Å²) in [6, 6.07) is 5.29. The van der Waals surface area contributed by atoms with Crippen LogP contribution in [0.4, 0.5) is 0 Å². The van der Waals surface area contributed by atoms with Gasteiger partial charge in [0.15, 0.2) is 0 Å². The Hall–Kier alpha value is -1.00. The molecule has 0 amide bonds. The van der Waals surface area contributed by atoms with Gasteiger partial charge >= 0.3 is 13.8 Å². The lowest BCUT2D eigenvalue weighted by molar-refractivity contribution is -0.136. The van der Waals surface area contributed by atoms with Gasteiger partial charge in [-0.15, -0.1) is 11.3 Å². The fourth-order valence-corrected chi connectivity index (χ4v) is 4.42. The smallest absolute Gasteiger partial charge is 0.386 e. The van der Waals surface area contributed by atoms with Crippen LogP contribution in [0.25, 0.3) is 10.1 Å². The van der Waals surface area contributed by atoms with E-state index >= 15 is 0 Å². The van der Waals surface area contributed by atoms with E-state index in [1.165, 1.54) is 11.3 Å². The van der Waals surface area contributed by atoms with Crippen LogP contribution in [-0.2, 0) is 14.1 Å². The molecule has 0 radical (unpaired) electrons. The average molecular weight is 332 g/mol. The van der Waals surface area contributed by atoms with Crippen LogP contribution in [0.1, 0.15) is 18.1 Å². The highest BCUT2D eigenvalue weighted by molar-refractivity contribution is 7.46. The number of carboxylic acid groups (broad SMARTS) is 1. The van der Waals surface area contributed by atoms with Gasteiger partial charge in [0.25, 0.3) is 5.66 Å². The van der Waals surface area contributed by atoms with Crippen molar-refractivity contribution in [3.05, 3.63) is 34.2 Å². The van der Waals surface area contributed by atoms with Crippen LogP contribution in [0.3, 0.4) is 0 Å². The third-order valence-corrected chi connectivity index (χ3v) is 5.53. The Kier molecular flexibility index (Phi) is 5.11. The molecule has 0 bridgehead atoms. The highest BCUT2D eigenvalue weighted by Crippen LogP contribution is 2.45. The molecular weight excluding hydrogens is 319 g/mol. The molecule has 2 rings (SSSR count). The molecule has 1 heterocycles. The lowest BCUT2D eigenvalue weighted by Gasteiger charge is -2.02. The van der Waals surface area contributed by atoms with Crippen LogP contribution in [-0.4, -0.2) is 24.0 Å². The lowest BCUT2D eigenvalue weighted by atomic mass is 10.1. The van der Waals surface area contributed by atoms with Crippen LogP contribution < -0.4 is 0 Å². The monoisotopic (exact) mass is 331 g/mol. The SMILES string of the molecule is CCOC[P+](=O)C(C(=O)O)c1csc2ccc(Cl)cc12. The summed E-state index contributed by atoms with van der Waals surface area (Å²) in [5.74, 6) is -1.11. The summed E-state index contributed by atoms with van der Waals surface area (Å²) >= 11 is 7.37. The number of benzene rings is 1. The second kappa shape index (κ2) is 6.64. The van der Waals surface area contributed by atoms with Crippen molar-refractivity contribution in [3.63, 3.8) is 0 Å². The fourth-order valence-electron chi connectivity index (χ4n) is 1.90. The second-order valence-corrected chi connectivity index (χ2v) is 7.07. The molecule has 0 aliphatic rings. The van der Waals surface area contributed by atoms with Gasteiger partial charge in [0.2, 0.25) is 6.35 Å². The van der Waals surface area contributed by atoms with Crippen molar-refractivity contribution in [2.45, 2.75) is 12.6 Å². The zero-order valence-corrected chi connectivity index (χ0v) is 13.2. The van der Waals surface area contributed by atoms with Crippen LogP contribution >= 0.6 is 30.7 Å². The van der Waals surface area contributed by atoms with Crippen molar-refractivity contribution in [1.82, 2.24) is 0 Å². The summed E-state index contributed by atoms with van der Waals surface area (Å²) in [5, 5.41) is 12.4. The van der Waals surface area contributed by atoms with E-state index in [4.69, 9.17) is 16.3 Å². The molecule has 20 heavy (non-hydrogen) atoms. The number of hydrogen-bond acceptors (Lipinski definition) is 4. The Balaban J connectivity index is 2.44. The number of carboxylic acids is 1. The standard InChI is InChI=1S/C13H12ClO4PS/c1-2-18-7-19(17)12(13(15)16)10-6-20-11-4-3-8(14)5-9(10)11/h3-6,12H,2,7H2,1H3/p+1. The molecule has 0 fully saturated rings. The number of carbonyl (C=O) groups is 1. The van der Waals surface area contributed by atoms with E-state index in [-0.39, 0.29) is 6.35 Å². The highest BCUT2D eigenvalue weighted by atomic mass is 35.5. The maximum Gasteiger partial charge on any atom is 0.386 e. The lowest BCUT2D eigenvalue weighted by Crippen LogP contribution is -2.09. The van der Waals surface area contributed by atoms with E-state index in [0.717, 1.165) is 10.1 Å². The first-order valence-corrected chi connectivity index (χ1v) is 8.72. The van der Waals surface area contributed by atoms with E-state index in [9.17, 15) is 14.5 Å². The van der Waals surface area contributed by atoms with Gasteiger partial charge in [-0.3, -0.25) is 0 Å². The minimum absolute atomic E-state index is 0.0549. The minimum Gasteiger partial charge on any atom is -0.478 e. The zero-order chi connectivity index (χ0) is 14.7. The number of aliphatic carboxylic acids is 1. The molecular formula is C13H13ClO4PS+. The van der Waals surface area contributed by atoms with Crippen LogP contribution in [0.15, 0.2) is 23.6 Å². The van der Waals surface area contributed by atoms with Crippen molar-refractivity contribution in [1.29, 1.82) is 0 Å². The number of ether oxygens (including phenoxy) is 1. The number of thiophene rings is 1. The Morgan fingerprint density at radius 3 is 2.95 bits per heavy atom. The van der Waals surface area contributed by atoms with Gasteiger partial charge < -0.3 is 9.84 Å². The average Bonchev–Trinajstić information content (AvgIpc) is 2.79. The molecule has 2 unspecified atom stereocenters. The third kappa shape index (κ3) is 3.18. The molecule has 0 aliphatic heterocycles. The Bertz CT molecular complexity index is 655. The molecule has 1 N–H and O–H groups in total. The van der Waals surface area contributed by atoms with E-state index in [2.05, 4.69) is 0 Å². The van der Waals surface area contributed by atoms with E-state index in [1.807, 2.05) is 6.07 Å². The van der Waals surface area contributed by atoms with Gasteiger partial charge in [0, 0.05) is 32.7 Å². The minimum atomic E-state index is -2.03. The first-order chi connectivity index (χ1) is 9.54. The number of rotatable bonds is 6. The molecule has 0 saturated carbocycles. The Labute approximate surface area is 126 Å². The molecule has 0 spiro atoms. The van der Waals surface area contributed by atoms with Crippen LogP contribution in [0, 0.1) is 0 Å². The van der Waals surface area contributed by atoms with Crippen molar-refractivity contribution in [3.8, 4) is 0 Å². The maximum absolute atomic E-state index is 12.2. The number of hydrogen-bond donors (Lipinski definition) is 1. The maximum atomic E-state index is 12.2. The quantitative estimate of drug-likeness (QED) is 0.791. The summed E-state index contributed by atoms with van der Waals surface area (Å²) in [7, 11) is -2.03. The largest absolute Gasteiger partial charge is 0.478 e. The number of fused-ring (bicyclic) bond motifs is 1. The summed E-state index contributed by atoms with van der Waals surface area (Å²) in [6.45, 7) is 2.18. The normalized spacial score (nSPS) is 13.4. The first-order valence-electron chi connectivity index (χ1n) is 5.95. The summed E-state index contributed by atoms with van der Waals surface area (Å²) in [6.07, 6.45) is -0.0549. The van der Waals surface area contributed by atoms with Crippen molar-refractivity contribution >= 4 is 46.8 Å². The summed E-state index contributed by atoms with van der Waals surface area (Å²) in [5.41, 5.74) is -0.524.